The van der Waals surface area contributed by atoms with Gasteiger partial charge in [0.25, 0.3) is 0 Å². The average Bonchev–Trinajstić information content (AvgIpc) is 2.51. The fraction of sp³-hybridized carbons (Fsp3) is 0.778. The molecule has 0 spiro atoms. The van der Waals surface area contributed by atoms with Crippen molar-refractivity contribution in [3.05, 3.63) is 0 Å². The molecule has 24 heavy (non-hydrogen) atoms. The molecular weight excluding hydrogens is 302 g/mol. The Morgan fingerprint density at radius 3 is 1.83 bits per heavy atom. The lowest BCUT2D eigenvalue weighted by Gasteiger charge is -2.60. The molecule has 0 aliphatic heterocycles. The molecule has 4 saturated carbocycles. The van der Waals surface area contributed by atoms with Crippen LogP contribution in [0.1, 0.15) is 38.5 Å². The van der Waals surface area contributed by atoms with Gasteiger partial charge >= 0.3 is 0 Å². The van der Waals surface area contributed by atoms with Crippen LogP contribution < -0.4 is 5.32 Å². The van der Waals surface area contributed by atoms with E-state index in [0.29, 0.717) is 18.4 Å². The molecule has 6 heteroatoms. The minimum Gasteiger partial charge on any atom is -0.390 e. The molecule has 0 aromatic carbocycles. The van der Waals surface area contributed by atoms with E-state index in [1.165, 1.54) is 6.42 Å². The third kappa shape index (κ3) is 2.85. The highest BCUT2D eigenvalue weighted by molar-refractivity contribution is 5.17. The molecule has 4 rings (SSSR count). The summed E-state index contributed by atoms with van der Waals surface area (Å²) in [5.41, 5.74) is -0.614. The van der Waals surface area contributed by atoms with Gasteiger partial charge in [-0.3, -0.25) is 0 Å². The molecule has 0 heterocycles. The van der Waals surface area contributed by atoms with Crippen LogP contribution in [0, 0.1) is 74.4 Å². The Hall–Kier alpha value is -2.12. The average molecular weight is 323 g/mol. The third-order valence-corrected chi connectivity index (χ3v) is 6.14. The lowest BCUT2D eigenvalue weighted by Crippen LogP contribution is -2.59. The Morgan fingerprint density at radius 2 is 1.42 bits per heavy atom. The minimum absolute atomic E-state index is 0.0397. The zero-order chi connectivity index (χ0) is 17.4. The number of nitriles is 4. The van der Waals surface area contributed by atoms with Crippen LogP contribution in [0.3, 0.4) is 0 Å². The molecule has 4 aliphatic carbocycles. The first-order valence-corrected chi connectivity index (χ1v) is 8.51. The highest BCUT2D eigenvalue weighted by atomic mass is 16.3. The van der Waals surface area contributed by atoms with Crippen molar-refractivity contribution < 1.29 is 5.11 Å². The first-order chi connectivity index (χ1) is 11.5. The molecule has 4 fully saturated rings. The summed E-state index contributed by atoms with van der Waals surface area (Å²) in [6.45, 7) is 0.548. The highest BCUT2D eigenvalue weighted by Crippen LogP contribution is 2.61. The van der Waals surface area contributed by atoms with Gasteiger partial charge in [0.1, 0.15) is 0 Å². The fourth-order valence-corrected chi connectivity index (χ4v) is 5.75. The summed E-state index contributed by atoms with van der Waals surface area (Å²) in [6, 6.07) is 6.79. The van der Waals surface area contributed by atoms with Gasteiger partial charge in [-0.2, -0.15) is 21.0 Å². The van der Waals surface area contributed by atoms with Gasteiger partial charge in [0.15, 0.2) is 11.8 Å². The Bertz CT molecular complexity index is 601. The van der Waals surface area contributed by atoms with Crippen LogP contribution in [0.5, 0.6) is 0 Å². The molecule has 0 saturated heterocycles. The van der Waals surface area contributed by atoms with Gasteiger partial charge in [-0.05, 0) is 55.8 Å². The number of hydrogen-bond acceptors (Lipinski definition) is 6. The minimum atomic E-state index is -1.04. The first-order valence-electron chi connectivity index (χ1n) is 8.51. The van der Waals surface area contributed by atoms with Crippen LogP contribution in [-0.4, -0.2) is 23.3 Å². The number of aliphatic hydroxyl groups is 1. The van der Waals surface area contributed by atoms with E-state index in [1.807, 2.05) is 24.3 Å². The lowest BCUT2D eigenvalue weighted by atomic mass is 9.48. The smallest absolute Gasteiger partial charge is 0.150 e. The molecular formula is C18H21N5O. The van der Waals surface area contributed by atoms with Crippen molar-refractivity contribution in [2.24, 2.45) is 29.1 Å². The van der Waals surface area contributed by atoms with Crippen molar-refractivity contribution in [2.45, 2.75) is 50.2 Å². The molecule has 2 atom stereocenters. The largest absolute Gasteiger partial charge is 0.390 e. The molecule has 2 unspecified atom stereocenters. The normalized spacial score (nSPS) is 36.3. The predicted octanol–water partition coefficient (Wildman–Crippen LogP) is 1.60. The molecule has 0 amide bonds. The number of hydrogen-bond donors (Lipinski definition) is 2. The van der Waals surface area contributed by atoms with Crippen molar-refractivity contribution in [3.63, 3.8) is 0 Å². The Labute approximate surface area is 142 Å². The van der Waals surface area contributed by atoms with Crippen molar-refractivity contribution in [1.29, 1.82) is 21.0 Å². The van der Waals surface area contributed by atoms with Gasteiger partial charge in [-0.1, -0.05) is 0 Å². The lowest BCUT2D eigenvalue weighted by molar-refractivity contribution is -0.162. The van der Waals surface area contributed by atoms with Gasteiger partial charge < -0.3 is 10.4 Å². The van der Waals surface area contributed by atoms with E-state index < -0.39 is 23.5 Å². The van der Waals surface area contributed by atoms with Crippen LogP contribution >= 0.6 is 0 Å². The highest BCUT2D eigenvalue weighted by Gasteiger charge is 2.57. The van der Waals surface area contributed by atoms with Gasteiger partial charge in [0, 0.05) is 6.54 Å². The second kappa shape index (κ2) is 6.07. The van der Waals surface area contributed by atoms with E-state index in [9.17, 15) is 5.11 Å². The summed E-state index contributed by atoms with van der Waals surface area (Å²) in [6.07, 6.45) is 5.77. The van der Waals surface area contributed by atoms with E-state index >= 15 is 0 Å². The molecule has 0 radical (unpaired) electrons. The number of nitrogens with zero attached hydrogens (tertiary/aromatic N) is 4. The molecule has 6 nitrogen and oxygen atoms in total. The molecule has 4 aliphatic rings. The third-order valence-electron chi connectivity index (χ3n) is 6.14. The van der Waals surface area contributed by atoms with E-state index in [-0.39, 0.29) is 5.41 Å². The summed E-state index contributed by atoms with van der Waals surface area (Å²) in [4.78, 5) is 0. The fourth-order valence-electron chi connectivity index (χ4n) is 5.75. The second-order valence-electron chi connectivity index (χ2n) is 8.06. The van der Waals surface area contributed by atoms with Crippen molar-refractivity contribution in [1.82, 2.24) is 5.32 Å². The summed E-state index contributed by atoms with van der Waals surface area (Å²) >= 11 is 0. The van der Waals surface area contributed by atoms with Gasteiger partial charge in [0.05, 0.1) is 35.9 Å². The Morgan fingerprint density at radius 1 is 0.917 bits per heavy atom. The van der Waals surface area contributed by atoms with Crippen molar-refractivity contribution >= 4 is 0 Å². The zero-order valence-corrected chi connectivity index (χ0v) is 13.6. The molecule has 4 bridgehead atoms. The van der Waals surface area contributed by atoms with E-state index in [1.54, 1.807) is 0 Å². The first kappa shape index (κ1) is 16.7. The van der Waals surface area contributed by atoms with Crippen LogP contribution in [-0.2, 0) is 0 Å². The summed E-state index contributed by atoms with van der Waals surface area (Å²) in [5.74, 6) is -0.985. The topological polar surface area (TPSA) is 127 Å². The molecule has 2 N–H and O–H groups in total. The molecule has 124 valence electrons. The monoisotopic (exact) mass is 323 g/mol. The van der Waals surface area contributed by atoms with Gasteiger partial charge in [-0.25, -0.2) is 0 Å². The number of rotatable bonds is 5. The summed E-state index contributed by atoms with van der Waals surface area (Å²) in [5, 5.41) is 50.7. The zero-order valence-electron chi connectivity index (χ0n) is 13.6. The van der Waals surface area contributed by atoms with Gasteiger partial charge in [0.2, 0.25) is 0 Å². The van der Waals surface area contributed by atoms with E-state index in [0.717, 1.165) is 32.1 Å². The van der Waals surface area contributed by atoms with Crippen molar-refractivity contribution in [2.75, 3.05) is 6.54 Å². The number of nitrogens with one attached hydrogen (secondary N) is 1. The maximum atomic E-state index is 10.8. The quantitative estimate of drug-likeness (QED) is 0.791. The maximum Gasteiger partial charge on any atom is 0.150 e. The van der Waals surface area contributed by atoms with Crippen molar-refractivity contribution in [3.8, 4) is 24.3 Å². The maximum absolute atomic E-state index is 10.8. The molecule has 0 aromatic rings. The van der Waals surface area contributed by atoms with Crippen LogP contribution in [0.15, 0.2) is 0 Å². The summed E-state index contributed by atoms with van der Waals surface area (Å²) < 4.78 is 0. The Kier molecular flexibility index (Phi) is 4.23. The predicted molar refractivity (Wildman–Crippen MR) is 83.3 cm³/mol. The Balaban J connectivity index is 1.76. The van der Waals surface area contributed by atoms with E-state index in [2.05, 4.69) is 5.32 Å². The van der Waals surface area contributed by atoms with Gasteiger partial charge in [-0.15, -0.1) is 0 Å². The SMILES string of the molecule is N#CC(C#N)C(NCC12CC3CC(CC(O)(C3)C1)C2)C(C#N)C#N. The molecule has 0 aromatic heterocycles. The van der Waals surface area contributed by atoms with E-state index in [4.69, 9.17) is 21.0 Å². The summed E-state index contributed by atoms with van der Waals surface area (Å²) in [7, 11) is 0. The van der Waals surface area contributed by atoms with Crippen LogP contribution in [0.25, 0.3) is 0 Å². The second-order valence-corrected chi connectivity index (χ2v) is 8.06. The standard InChI is InChI=1S/C18H21N5O/c19-6-14(7-20)16(15(8-21)9-22)23-11-17-2-12-1-13(3-17)5-18(24,4-12)10-17/h12-16,23-24H,1-5,10-11H2. The van der Waals surface area contributed by atoms with Crippen LogP contribution in [0.4, 0.5) is 0 Å². The van der Waals surface area contributed by atoms with Crippen LogP contribution in [0.2, 0.25) is 0 Å².